The number of carbonyl (C=O) groups excluding carboxylic acids is 1. The number of ether oxygens (including phenoxy) is 1. The van der Waals surface area contributed by atoms with Gasteiger partial charge >= 0.3 is 0 Å². The minimum Gasteiger partial charge on any atom is -0.379 e. The maximum atomic E-state index is 14.9. The van der Waals surface area contributed by atoms with E-state index in [1.165, 1.54) is 0 Å². The minimum atomic E-state index is -2.75. The topological polar surface area (TPSA) is 102 Å². The number of hydrogen-bond acceptors (Lipinski definition) is 7. The molecule has 2 aliphatic rings. The van der Waals surface area contributed by atoms with Crippen LogP contribution in [0.5, 0.6) is 0 Å². The normalized spacial score (nSPS) is 21.0. The van der Waals surface area contributed by atoms with E-state index in [2.05, 4.69) is 19.7 Å². The fraction of sp³-hybridized carbons (Fsp3) is 0.375. The summed E-state index contributed by atoms with van der Waals surface area (Å²) in [4.78, 5) is 20.8. The van der Waals surface area contributed by atoms with Crippen LogP contribution in [-0.4, -0.2) is 40.2 Å². The zero-order chi connectivity index (χ0) is 19.1. The largest absolute Gasteiger partial charge is 0.379 e. The van der Waals surface area contributed by atoms with Gasteiger partial charge in [0.15, 0.2) is 11.6 Å². The summed E-state index contributed by atoms with van der Waals surface area (Å²) in [7, 11) is 0. The van der Waals surface area contributed by atoms with E-state index in [0.717, 1.165) is 17.6 Å². The second kappa shape index (κ2) is 6.98. The molecule has 3 N–H and O–H groups in total. The van der Waals surface area contributed by atoms with Gasteiger partial charge in [0.25, 0.3) is 12.3 Å². The number of aliphatic imine (C=N–C) groups is 1. The Morgan fingerprint density at radius 3 is 2.96 bits per heavy atom. The van der Waals surface area contributed by atoms with Crippen molar-refractivity contribution in [3.63, 3.8) is 0 Å². The Bertz CT molecular complexity index is 946. The quantitative estimate of drug-likeness (QED) is 0.828. The number of nitrogens with one attached hydrogen (secondary N) is 1. The van der Waals surface area contributed by atoms with Crippen molar-refractivity contribution in [2.75, 3.05) is 13.2 Å². The van der Waals surface area contributed by atoms with Gasteiger partial charge in [-0.1, -0.05) is 0 Å². The fourth-order valence-electron chi connectivity index (χ4n) is 2.97. The first-order chi connectivity index (χ1) is 13.0. The molecule has 11 heteroatoms. The molecule has 0 unspecified atom stereocenters. The van der Waals surface area contributed by atoms with Crippen LogP contribution in [0.4, 0.5) is 19.0 Å². The molecule has 0 aromatic carbocycles. The van der Waals surface area contributed by atoms with Crippen LogP contribution in [0.25, 0.3) is 10.6 Å². The Morgan fingerprint density at radius 1 is 1.44 bits per heavy atom. The number of halogens is 3. The molecular formula is C16H14F3N5O2S. The molecule has 1 fully saturated rings. The number of carbonyl (C=O) groups is 1. The Balaban J connectivity index is 1.86. The van der Waals surface area contributed by atoms with E-state index in [1.54, 1.807) is 0 Å². The number of fused-ring (bicyclic) bond motifs is 1. The van der Waals surface area contributed by atoms with Crippen molar-refractivity contribution in [1.82, 2.24) is 14.7 Å². The van der Waals surface area contributed by atoms with Crippen molar-refractivity contribution >= 4 is 29.0 Å². The lowest BCUT2D eigenvalue weighted by molar-refractivity contribution is 0.0966. The fourth-order valence-corrected chi connectivity index (χ4v) is 3.71. The second-order valence-corrected chi connectivity index (χ2v) is 6.89. The highest BCUT2D eigenvalue weighted by molar-refractivity contribution is 7.09. The van der Waals surface area contributed by atoms with Crippen LogP contribution in [0.2, 0.25) is 0 Å². The third-order valence-electron chi connectivity index (χ3n) is 4.33. The lowest BCUT2D eigenvalue weighted by atomic mass is 10.1. The Hall–Kier alpha value is -2.37. The van der Waals surface area contributed by atoms with Crippen LogP contribution in [0.3, 0.4) is 0 Å². The molecule has 0 saturated carbocycles. The van der Waals surface area contributed by atoms with Crippen molar-refractivity contribution in [1.29, 1.82) is 0 Å². The summed E-state index contributed by atoms with van der Waals surface area (Å²) in [6.07, 6.45) is -2.32. The number of pyridine rings is 1. The summed E-state index contributed by atoms with van der Waals surface area (Å²) in [5, 5.41) is 2.53. The van der Waals surface area contributed by atoms with Crippen LogP contribution in [0.15, 0.2) is 11.1 Å². The van der Waals surface area contributed by atoms with Gasteiger partial charge in [0.2, 0.25) is 0 Å². The van der Waals surface area contributed by atoms with E-state index >= 15 is 0 Å². The number of rotatable bonds is 3. The van der Waals surface area contributed by atoms with Gasteiger partial charge in [-0.3, -0.25) is 4.79 Å². The SMILES string of the molecule is N[C@H]1COCCC1=Nc1nc(-c2cc(C(F)F)ns2)c2c(c1F)CNC2=O. The molecule has 2 aromatic heterocycles. The molecule has 27 heavy (non-hydrogen) atoms. The maximum absolute atomic E-state index is 14.9. The molecule has 4 rings (SSSR count). The van der Waals surface area contributed by atoms with Crippen molar-refractivity contribution in [2.24, 2.45) is 10.7 Å². The molecular weight excluding hydrogens is 383 g/mol. The van der Waals surface area contributed by atoms with Gasteiger partial charge < -0.3 is 15.8 Å². The molecule has 0 aliphatic carbocycles. The minimum absolute atomic E-state index is 0.0248. The van der Waals surface area contributed by atoms with Gasteiger partial charge in [-0.15, -0.1) is 0 Å². The van der Waals surface area contributed by atoms with E-state index in [0.29, 0.717) is 18.7 Å². The zero-order valence-electron chi connectivity index (χ0n) is 13.8. The van der Waals surface area contributed by atoms with E-state index < -0.39 is 29.9 Å². The summed E-state index contributed by atoms with van der Waals surface area (Å²) < 4.78 is 49.6. The maximum Gasteiger partial charge on any atom is 0.281 e. The molecule has 142 valence electrons. The number of hydrogen-bond donors (Lipinski definition) is 2. The monoisotopic (exact) mass is 397 g/mol. The van der Waals surface area contributed by atoms with Gasteiger partial charge in [-0.05, 0) is 17.6 Å². The van der Waals surface area contributed by atoms with Crippen LogP contribution in [0, 0.1) is 5.82 Å². The summed E-state index contributed by atoms with van der Waals surface area (Å²) in [6.45, 7) is 0.659. The molecule has 1 amide bonds. The van der Waals surface area contributed by atoms with Crippen LogP contribution < -0.4 is 11.1 Å². The number of nitrogens with two attached hydrogens (primary N) is 1. The first-order valence-electron chi connectivity index (χ1n) is 8.12. The standard InChI is InChI=1S/C16H14F3N5O2S/c17-12-6-4-21-16(25)11(6)13(10-3-9(14(18)19)24-27-10)23-15(12)22-8-1-2-26-5-7(8)20/h3,7,14H,1-2,4-5,20H2,(H,21,25)/t7-/m0/s1. The molecule has 7 nitrogen and oxygen atoms in total. The first kappa shape index (κ1) is 18.0. The predicted octanol–water partition coefficient (Wildman–Crippen LogP) is 2.35. The van der Waals surface area contributed by atoms with E-state index in [1.807, 2.05) is 0 Å². The Kier molecular flexibility index (Phi) is 4.66. The summed E-state index contributed by atoms with van der Waals surface area (Å²) >= 11 is 0.772. The Labute approximate surface area is 155 Å². The lowest BCUT2D eigenvalue weighted by Gasteiger charge is -2.20. The number of alkyl halides is 2. The Morgan fingerprint density at radius 2 is 2.26 bits per heavy atom. The van der Waals surface area contributed by atoms with Crippen molar-refractivity contribution in [3.8, 4) is 10.6 Å². The highest BCUT2D eigenvalue weighted by atomic mass is 32.1. The molecule has 4 heterocycles. The van der Waals surface area contributed by atoms with Crippen LogP contribution in [0.1, 0.15) is 34.5 Å². The third-order valence-corrected chi connectivity index (χ3v) is 5.14. The molecule has 0 spiro atoms. The summed E-state index contributed by atoms with van der Waals surface area (Å²) in [5.74, 6) is -1.46. The van der Waals surface area contributed by atoms with Gasteiger partial charge in [-0.2, -0.15) is 4.37 Å². The third kappa shape index (κ3) is 3.22. The molecule has 2 aliphatic heterocycles. The smallest absolute Gasteiger partial charge is 0.281 e. The molecule has 0 radical (unpaired) electrons. The van der Waals surface area contributed by atoms with Gasteiger partial charge in [-0.25, -0.2) is 23.1 Å². The lowest BCUT2D eigenvalue weighted by Crippen LogP contribution is -2.39. The van der Waals surface area contributed by atoms with Crippen molar-refractivity contribution in [2.45, 2.75) is 25.4 Å². The number of nitrogens with zero attached hydrogens (tertiary/aromatic N) is 3. The molecule has 1 saturated heterocycles. The van der Waals surface area contributed by atoms with Crippen LogP contribution in [-0.2, 0) is 11.3 Å². The van der Waals surface area contributed by atoms with Gasteiger partial charge in [0.05, 0.1) is 35.4 Å². The van der Waals surface area contributed by atoms with Crippen molar-refractivity contribution in [3.05, 3.63) is 28.7 Å². The molecule has 1 atom stereocenters. The van der Waals surface area contributed by atoms with E-state index in [-0.39, 0.29) is 40.7 Å². The van der Waals surface area contributed by atoms with Gasteiger partial charge in [0.1, 0.15) is 5.69 Å². The predicted molar refractivity (Wildman–Crippen MR) is 91.9 cm³/mol. The average Bonchev–Trinajstić information content (AvgIpc) is 3.27. The van der Waals surface area contributed by atoms with E-state index in [9.17, 15) is 18.0 Å². The van der Waals surface area contributed by atoms with Gasteiger partial charge in [0, 0.05) is 24.2 Å². The van der Waals surface area contributed by atoms with Crippen molar-refractivity contribution < 1.29 is 22.7 Å². The summed E-state index contributed by atoms with van der Waals surface area (Å²) in [5.41, 5.74) is 6.27. The average molecular weight is 397 g/mol. The number of amides is 1. The first-order valence-corrected chi connectivity index (χ1v) is 8.89. The van der Waals surface area contributed by atoms with Crippen LogP contribution >= 0.6 is 11.5 Å². The van der Waals surface area contributed by atoms with E-state index in [4.69, 9.17) is 10.5 Å². The highest BCUT2D eigenvalue weighted by Gasteiger charge is 2.31. The highest BCUT2D eigenvalue weighted by Crippen LogP contribution is 2.37. The molecule has 0 bridgehead atoms. The zero-order valence-corrected chi connectivity index (χ0v) is 14.7. The second-order valence-electron chi connectivity index (χ2n) is 6.09. The number of aromatic nitrogens is 2. The molecule has 2 aromatic rings. The summed E-state index contributed by atoms with van der Waals surface area (Å²) in [6, 6.07) is 0.670.